The average Bonchev–Trinajstić information content (AvgIpc) is 2.60. The standard InChI is InChI=1S/C19H22N2O3/c1-3-4-12-18(22)21-17-11-6-5-10-16(17)19(23)20-14-8-7-9-15(13-14)24-2/h5-11,13H,3-4,12H2,1-2H3,(H,20,23)(H,21,22). The molecule has 0 atom stereocenters. The van der Waals surface area contributed by atoms with Crippen LogP contribution in [0.25, 0.3) is 0 Å². The fraction of sp³-hybridized carbons (Fsp3) is 0.263. The molecule has 0 aliphatic heterocycles. The molecule has 0 aromatic heterocycles. The monoisotopic (exact) mass is 326 g/mol. The molecule has 2 rings (SSSR count). The average molecular weight is 326 g/mol. The second kappa shape index (κ2) is 8.72. The maximum atomic E-state index is 12.5. The molecular formula is C19H22N2O3. The second-order valence-corrected chi connectivity index (χ2v) is 5.38. The molecule has 0 spiro atoms. The molecule has 126 valence electrons. The van der Waals surface area contributed by atoms with Gasteiger partial charge in [-0.25, -0.2) is 0 Å². The van der Waals surface area contributed by atoms with E-state index in [9.17, 15) is 9.59 Å². The number of carbonyl (C=O) groups excluding carboxylic acids is 2. The van der Waals surface area contributed by atoms with Crippen LogP contribution in [-0.4, -0.2) is 18.9 Å². The first-order valence-electron chi connectivity index (χ1n) is 7.98. The second-order valence-electron chi connectivity index (χ2n) is 5.38. The molecule has 0 aliphatic rings. The summed E-state index contributed by atoms with van der Waals surface area (Å²) in [6.45, 7) is 2.03. The van der Waals surface area contributed by atoms with Crippen molar-refractivity contribution in [1.29, 1.82) is 0 Å². The summed E-state index contributed by atoms with van der Waals surface area (Å²) in [5.41, 5.74) is 1.57. The summed E-state index contributed by atoms with van der Waals surface area (Å²) in [7, 11) is 1.57. The molecule has 0 saturated carbocycles. The van der Waals surface area contributed by atoms with E-state index in [1.165, 1.54) is 0 Å². The van der Waals surface area contributed by atoms with E-state index in [4.69, 9.17) is 4.74 Å². The third-order valence-electron chi connectivity index (χ3n) is 3.53. The zero-order valence-corrected chi connectivity index (χ0v) is 14.0. The van der Waals surface area contributed by atoms with E-state index in [-0.39, 0.29) is 11.8 Å². The molecule has 5 heteroatoms. The van der Waals surface area contributed by atoms with E-state index in [0.29, 0.717) is 29.1 Å². The van der Waals surface area contributed by atoms with Crippen molar-refractivity contribution in [1.82, 2.24) is 0 Å². The van der Waals surface area contributed by atoms with Crippen LogP contribution in [0.3, 0.4) is 0 Å². The predicted molar refractivity (Wildman–Crippen MR) is 95.5 cm³/mol. The fourth-order valence-electron chi connectivity index (χ4n) is 2.24. The smallest absolute Gasteiger partial charge is 0.257 e. The van der Waals surface area contributed by atoms with E-state index < -0.39 is 0 Å². The SMILES string of the molecule is CCCCC(=O)Nc1ccccc1C(=O)Nc1cccc(OC)c1. The number of methoxy groups -OCH3 is 1. The van der Waals surface area contributed by atoms with Crippen molar-refractivity contribution < 1.29 is 14.3 Å². The minimum Gasteiger partial charge on any atom is -0.497 e. The third-order valence-corrected chi connectivity index (χ3v) is 3.53. The molecule has 0 fully saturated rings. The number of unbranched alkanes of at least 4 members (excludes halogenated alkanes) is 1. The van der Waals surface area contributed by atoms with E-state index in [2.05, 4.69) is 10.6 Å². The minimum atomic E-state index is -0.283. The molecule has 5 nitrogen and oxygen atoms in total. The quantitative estimate of drug-likeness (QED) is 0.806. The van der Waals surface area contributed by atoms with Gasteiger partial charge in [-0.15, -0.1) is 0 Å². The number of para-hydroxylation sites is 1. The predicted octanol–water partition coefficient (Wildman–Crippen LogP) is 4.08. The van der Waals surface area contributed by atoms with Crippen molar-refractivity contribution >= 4 is 23.2 Å². The number of rotatable bonds is 7. The topological polar surface area (TPSA) is 67.4 Å². The lowest BCUT2D eigenvalue weighted by atomic mass is 10.1. The summed E-state index contributed by atoms with van der Waals surface area (Å²) in [6.07, 6.45) is 2.22. The Morgan fingerprint density at radius 1 is 1.04 bits per heavy atom. The van der Waals surface area contributed by atoms with Crippen molar-refractivity contribution in [2.45, 2.75) is 26.2 Å². The highest BCUT2D eigenvalue weighted by atomic mass is 16.5. The maximum absolute atomic E-state index is 12.5. The van der Waals surface area contributed by atoms with Crippen LogP contribution in [0.1, 0.15) is 36.5 Å². The summed E-state index contributed by atoms with van der Waals surface area (Å²) in [5, 5.41) is 5.63. The van der Waals surface area contributed by atoms with Gasteiger partial charge in [-0.05, 0) is 30.7 Å². The highest BCUT2D eigenvalue weighted by Crippen LogP contribution is 2.20. The van der Waals surface area contributed by atoms with Crippen LogP contribution in [0.2, 0.25) is 0 Å². The van der Waals surface area contributed by atoms with Gasteiger partial charge in [0, 0.05) is 18.2 Å². The molecule has 0 radical (unpaired) electrons. The Hall–Kier alpha value is -2.82. The maximum Gasteiger partial charge on any atom is 0.257 e. The third kappa shape index (κ3) is 4.84. The molecule has 0 aliphatic carbocycles. The summed E-state index contributed by atoms with van der Waals surface area (Å²) in [4.78, 5) is 24.5. The van der Waals surface area contributed by atoms with Crippen LogP contribution in [0.4, 0.5) is 11.4 Å². The Labute approximate surface area is 142 Å². The number of ether oxygens (including phenoxy) is 1. The molecule has 2 aromatic rings. The van der Waals surface area contributed by atoms with Crippen LogP contribution < -0.4 is 15.4 Å². The van der Waals surface area contributed by atoms with E-state index in [1.54, 1.807) is 55.6 Å². The van der Waals surface area contributed by atoms with E-state index in [0.717, 1.165) is 12.8 Å². The molecule has 2 amide bonds. The van der Waals surface area contributed by atoms with Gasteiger partial charge in [0.05, 0.1) is 18.4 Å². The number of nitrogens with one attached hydrogen (secondary N) is 2. The fourth-order valence-corrected chi connectivity index (χ4v) is 2.24. The summed E-state index contributed by atoms with van der Waals surface area (Å²) in [5.74, 6) is 0.294. The zero-order valence-electron chi connectivity index (χ0n) is 14.0. The first-order chi connectivity index (χ1) is 11.6. The largest absolute Gasteiger partial charge is 0.497 e. The van der Waals surface area contributed by atoms with Crippen LogP contribution >= 0.6 is 0 Å². The lowest BCUT2D eigenvalue weighted by molar-refractivity contribution is -0.116. The van der Waals surface area contributed by atoms with Gasteiger partial charge in [-0.2, -0.15) is 0 Å². The van der Waals surface area contributed by atoms with Crippen LogP contribution in [0, 0.1) is 0 Å². The number of anilines is 2. The van der Waals surface area contributed by atoms with Crippen LogP contribution in [0.5, 0.6) is 5.75 Å². The van der Waals surface area contributed by atoms with Crippen LogP contribution in [0.15, 0.2) is 48.5 Å². The Morgan fingerprint density at radius 3 is 2.58 bits per heavy atom. The first kappa shape index (κ1) is 17.5. The van der Waals surface area contributed by atoms with Gasteiger partial charge in [0.1, 0.15) is 5.75 Å². The lowest BCUT2D eigenvalue weighted by Crippen LogP contribution is -2.18. The molecular weight excluding hydrogens is 304 g/mol. The van der Waals surface area contributed by atoms with Crippen molar-refractivity contribution in [2.75, 3.05) is 17.7 Å². The highest BCUT2D eigenvalue weighted by molar-refractivity contribution is 6.10. The number of hydrogen-bond acceptors (Lipinski definition) is 3. The Morgan fingerprint density at radius 2 is 1.83 bits per heavy atom. The van der Waals surface area contributed by atoms with Crippen molar-refractivity contribution in [3.8, 4) is 5.75 Å². The molecule has 2 N–H and O–H groups in total. The van der Waals surface area contributed by atoms with Crippen LogP contribution in [-0.2, 0) is 4.79 Å². The molecule has 24 heavy (non-hydrogen) atoms. The number of amides is 2. The number of hydrogen-bond donors (Lipinski definition) is 2. The Balaban J connectivity index is 2.12. The van der Waals surface area contributed by atoms with Gasteiger partial charge in [0.2, 0.25) is 5.91 Å². The van der Waals surface area contributed by atoms with Crippen molar-refractivity contribution in [2.24, 2.45) is 0 Å². The summed E-state index contributed by atoms with van der Waals surface area (Å²) in [6, 6.07) is 14.1. The Bertz CT molecular complexity index is 713. The number of carbonyl (C=O) groups is 2. The zero-order chi connectivity index (χ0) is 17.4. The molecule has 2 aromatic carbocycles. The van der Waals surface area contributed by atoms with Gasteiger partial charge >= 0.3 is 0 Å². The van der Waals surface area contributed by atoms with Crippen molar-refractivity contribution in [3.63, 3.8) is 0 Å². The minimum absolute atomic E-state index is 0.0847. The number of benzene rings is 2. The molecule has 0 saturated heterocycles. The van der Waals surface area contributed by atoms with Gasteiger partial charge in [0.15, 0.2) is 0 Å². The normalized spacial score (nSPS) is 10.1. The summed E-state index contributed by atoms with van der Waals surface area (Å²) < 4.78 is 5.15. The summed E-state index contributed by atoms with van der Waals surface area (Å²) >= 11 is 0. The molecule has 0 heterocycles. The Kier molecular flexibility index (Phi) is 6.37. The van der Waals surface area contributed by atoms with Gasteiger partial charge in [0.25, 0.3) is 5.91 Å². The van der Waals surface area contributed by atoms with Gasteiger partial charge < -0.3 is 15.4 Å². The molecule has 0 unspecified atom stereocenters. The molecule has 0 bridgehead atoms. The van der Waals surface area contributed by atoms with E-state index >= 15 is 0 Å². The lowest BCUT2D eigenvalue weighted by Gasteiger charge is -2.12. The van der Waals surface area contributed by atoms with Gasteiger partial charge in [-0.1, -0.05) is 31.5 Å². The van der Waals surface area contributed by atoms with Gasteiger partial charge in [-0.3, -0.25) is 9.59 Å². The van der Waals surface area contributed by atoms with Crippen molar-refractivity contribution in [3.05, 3.63) is 54.1 Å². The first-order valence-corrected chi connectivity index (χ1v) is 7.98. The highest BCUT2D eigenvalue weighted by Gasteiger charge is 2.13. The van der Waals surface area contributed by atoms with E-state index in [1.807, 2.05) is 6.92 Å².